The number of esters is 1. The summed E-state index contributed by atoms with van der Waals surface area (Å²) >= 11 is 0. The van der Waals surface area contributed by atoms with Crippen molar-refractivity contribution in [1.82, 2.24) is 10.1 Å². The largest absolute Gasteiger partial charge is 0.465 e. The molecular weight excluding hydrogens is 272 g/mol. The Balaban J connectivity index is 3.00. The van der Waals surface area contributed by atoms with Gasteiger partial charge in [-0.25, -0.2) is 0 Å². The van der Waals surface area contributed by atoms with Gasteiger partial charge >= 0.3 is 5.97 Å². The van der Waals surface area contributed by atoms with E-state index in [0.717, 1.165) is 6.42 Å². The zero-order valence-electron chi connectivity index (χ0n) is 13.4. The van der Waals surface area contributed by atoms with Crippen molar-refractivity contribution in [3.05, 3.63) is 17.0 Å². The number of hydrogen-bond donors (Lipinski definition) is 0. The van der Waals surface area contributed by atoms with Crippen LogP contribution in [0.2, 0.25) is 0 Å². The van der Waals surface area contributed by atoms with Crippen molar-refractivity contribution < 1.29 is 18.8 Å². The Bertz CT molecular complexity index is 494. The molecule has 0 spiro atoms. The molecule has 118 valence electrons. The maximum absolute atomic E-state index is 12.7. The zero-order valence-corrected chi connectivity index (χ0v) is 13.4. The molecule has 0 aliphatic heterocycles. The number of aryl methyl sites for hydroxylation is 1. The van der Waals surface area contributed by atoms with E-state index in [2.05, 4.69) is 5.16 Å². The fourth-order valence-corrected chi connectivity index (χ4v) is 2.08. The predicted molar refractivity (Wildman–Crippen MR) is 78.2 cm³/mol. The average Bonchev–Trinajstić information content (AvgIpc) is 2.79. The second kappa shape index (κ2) is 7.81. The molecular formula is C15H24N2O4. The van der Waals surface area contributed by atoms with Crippen molar-refractivity contribution in [2.75, 3.05) is 19.7 Å². The Hall–Kier alpha value is -1.85. The number of ether oxygens (including phenoxy) is 1. The summed E-state index contributed by atoms with van der Waals surface area (Å²) in [5, 5.41) is 3.88. The molecule has 1 rings (SSSR count). The molecule has 1 amide bonds. The molecule has 1 heterocycles. The van der Waals surface area contributed by atoms with Crippen molar-refractivity contribution in [3.8, 4) is 0 Å². The van der Waals surface area contributed by atoms with E-state index in [1.165, 1.54) is 4.90 Å². The first-order chi connectivity index (χ1) is 9.92. The van der Waals surface area contributed by atoms with Gasteiger partial charge in [0.05, 0.1) is 12.3 Å². The molecule has 0 N–H and O–H groups in total. The van der Waals surface area contributed by atoms with E-state index in [-0.39, 0.29) is 18.4 Å². The molecule has 0 aromatic carbocycles. The smallest absolute Gasteiger partial charge is 0.325 e. The SMILES string of the molecule is CCCN(CC(=O)OCC)C(=O)c1c(C)noc1C(C)C. The highest BCUT2D eigenvalue weighted by molar-refractivity contribution is 5.97. The van der Waals surface area contributed by atoms with E-state index in [4.69, 9.17) is 9.26 Å². The van der Waals surface area contributed by atoms with E-state index in [0.29, 0.717) is 30.2 Å². The molecule has 6 nitrogen and oxygen atoms in total. The number of aromatic nitrogens is 1. The van der Waals surface area contributed by atoms with Crippen LogP contribution in [-0.2, 0) is 9.53 Å². The van der Waals surface area contributed by atoms with E-state index >= 15 is 0 Å². The Kier molecular flexibility index (Phi) is 6.39. The topological polar surface area (TPSA) is 72.6 Å². The van der Waals surface area contributed by atoms with Crippen LogP contribution in [0.25, 0.3) is 0 Å². The maximum atomic E-state index is 12.7. The minimum Gasteiger partial charge on any atom is -0.465 e. The highest BCUT2D eigenvalue weighted by atomic mass is 16.5. The normalized spacial score (nSPS) is 10.8. The first-order valence-corrected chi connectivity index (χ1v) is 7.33. The Morgan fingerprint density at radius 2 is 2.00 bits per heavy atom. The molecule has 6 heteroatoms. The molecule has 1 aromatic heterocycles. The molecule has 21 heavy (non-hydrogen) atoms. The van der Waals surface area contributed by atoms with Crippen molar-refractivity contribution in [3.63, 3.8) is 0 Å². The number of rotatable bonds is 7. The fourth-order valence-electron chi connectivity index (χ4n) is 2.08. The summed E-state index contributed by atoms with van der Waals surface area (Å²) in [5.41, 5.74) is 1.01. The van der Waals surface area contributed by atoms with Gasteiger partial charge in [-0.3, -0.25) is 9.59 Å². The lowest BCUT2D eigenvalue weighted by Gasteiger charge is -2.21. The van der Waals surface area contributed by atoms with Gasteiger partial charge in [0.15, 0.2) is 5.76 Å². The third kappa shape index (κ3) is 4.31. The molecule has 1 aromatic rings. The standard InChI is InChI=1S/C15H24N2O4/c1-6-8-17(9-12(18)20-7-2)15(19)13-11(5)16-21-14(13)10(3)4/h10H,6-9H2,1-5H3. The van der Waals surface area contributed by atoms with Gasteiger partial charge in [-0.2, -0.15) is 0 Å². The van der Waals surface area contributed by atoms with Gasteiger partial charge in [-0.1, -0.05) is 25.9 Å². The van der Waals surface area contributed by atoms with E-state index < -0.39 is 5.97 Å². The highest BCUT2D eigenvalue weighted by Gasteiger charge is 2.27. The number of amides is 1. The van der Waals surface area contributed by atoms with Crippen molar-refractivity contribution in [2.45, 2.75) is 47.0 Å². The summed E-state index contributed by atoms with van der Waals surface area (Å²) in [6, 6.07) is 0. The first-order valence-electron chi connectivity index (χ1n) is 7.33. The third-order valence-corrected chi connectivity index (χ3v) is 3.03. The lowest BCUT2D eigenvalue weighted by Crippen LogP contribution is -2.37. The second-order valence-electron chi connectivity index (χ2n) is 5.19. The molecule has 0 saturated heterocycles. The van der Waals surface area contributed by atoms with Crippen molar-refractivity contribution >= 4 is 11.9 Å². The van der Waals surface area contributed by atoms with Gasteiger partial charge < -0.3 is 14.2 Å². The lowest BCUT2D eigenvalue weighted by atomic mass is 10.0. The summed E-state index contributed by atoms with van der Waals surface area (Å²) in [6.07, 6.45) is 0.756. The summed E-state index contributed by atoms with van der Waals surface area (Å²) < 4.78 is 10.2. The van der Waals surface area contributed by atoms with Gasteiger partial charge in [0.1, 0.15) is 12.1 Å². The Morgan fingerprint density at radius 3 is 2.52 bits per heavy atom. The van der Waals surface area contributed by atoms with Gasteiger partial charge in [-0.05, 0) is 20.3 Å². The van der Waals surface area contributed by atoms with Crippen LogP contribution in [0, 0.1) is 6.92 Å². The Morgan fingerprint density at radius 1 is 1.33 bits per heavy atom. The van der Waals surface area contributed by atoms with Crippen molar-refractivity contribution in [2.24, 2.45) is 0 Å². The molecule has 0 aliphatic rings. The number of hydrogen-bond acceptors (Lipinski definition) is 5. The molecule has 0 radical (unpaired) electrons. The first kappa shape index (κ1) is 17.2. The van der Waals surface area contributed by atoms with Crippen LogP contribution >= 0.6 is 0 Å². The van der Waals surface area contributed by atoms with Crippen LogP contribution in [0.4, 0.5) is 0 Å². The van der Waals surface area contributed by atoms with E-state index in [1.54, 1.807) is 13.8 Å². The quantitative estimate of drug-likeness (QED) is 0.723. The minimum atomic E-state index is -0.403. The van der Waals surface area contributed by atoms with Gasteiger partial charge in [-0.15, -0.1) is 0 Å². The number of nitrogens with zero attached hydrogens (tertiary/aromatic N) is 2. The van der Waals surface area contributed by atoms with E-state index in [9.17, 15) is 9.59 Å². The van der Waals surface area contributed by atoms with E-state index in [1.807, 2.05) is 20.8 Å². The van der Waals surface area contributed by atoms with Crippen LogP contribution in [0.3, 0.4) is 0 Å². The summed E-state index contributed by atoms with van der Waals surface area (Å²) in [7, 11) is 0. The lowest BCUT2D eigenvalue weighted by molar-refractivity contribution is -0.143. The number of carbonyl (C=O) groups excluding carboxylic acids is 2. The molecule has 0 aliphatic carbocycles. The predicted octanol–water partition coefficient (Wildman–Crippen LogP) is 2.52. The monoisotopic (exact) mass is 296 g/mol. The van der Waals surface area contributed by atoms with Gasteiger partial charge in [0, 0.05) is 12.5 Å². The fraction of sp³-hybridized carbons (Fsp3) is 0.667. The average molecular weight is 296 g/mol. The number of carbonyl (C=O) groups is 2. The minimum absolute atomic E-state index is 0.0521. The van der Waals surface area contributed by atoms with Crippen molar-refractivity contribution in [1.29, 1.82) is 0 Å². The zero-order chi connectivity index (χ0) is 16.0. The third-order valence-electron chi connectivity index (χ3n) is 3.03. The Labute approximate surface area is 125 Å². The molecule has 0 unspecified atom stereocenters. The highest BCUT2D eigenvalue weighted by Crippen LogP contribution is 2.23. The summed E-state index contributed by atoms with van der Waals surface area (Å²) in [4.78, 5) is 25.8. The van der Waals surface area contributed by atoms with Crippen LogP contribution in [-0.4, -0.2) is 41.6 Å². The molecule has 0 bridgehead atoms. The van der Waals surface area contributed by atoms with Crippen LogP contribution < -0.4 is 0 Å². The molecule has 0 fully saturated rings. The van der Waals surface area contributed by atoms with Gasteiger partial charge in [0.2, 0.25) is 0 Å². The summed E-state index contributed by atoms with van der Waals surface area (Å²) in [6.45, 7) is 10.0. The van der Waals surface area contributed by atoms with Gasteiger partial charge in [0.25, 0.3) is 5.91 Å². The molecule has 0 atom stereocenters. The van der Waals surface area contributed by atoms with Crippen LogP contribution in [0.1, 0.15) is 61.8 Å². The maximum Gasteiger partial charge on any atom is 0.325 e. The molecule has 0 saturated carbocycles. The summed E-state index contributed by atoms with van der Waals surface area (Å²) in [5.74, 6) is -0.0226. The van der Waals surface area contributed by atoms with Crippen LogP contribution in [0.15, 0.2) is 4.52 Å². The second-order valence-corrected chi connectivity index (χ2v) is 5.19. The van der Waals surface area contributed by atoms with Crippen LogP contribution in [0.5, 0.6) is 0 Å².